The second-order valence-electron chi connectivity index (χ2n) is 7.39. The van der Waals surface area contributed by atoms with E-state index in [1.54, 1.807) is 29.3 Å². The van der Waals surface area contributed by atoms with Crippen LogP contribution in [0.1, 0.15) is 5.56 Å². The molecule has 1 fully saturated rings. The van der Waals surface area contributed by atoms with Gasteiger partial charge in [-0.15, -0.1) is 0 Å². The minimum atomic E-state index is -0.717. The Morgan fingerprint density at radius 2 is 1.94 bits per heavy atom. The number of aromatic hydroxyl groups is 1. The number of anilines is 1. The van der Waals surface area contributed by atoms with Crippen molar-refractivity contribution >= 4 is 51.3 Å². The average Bonchev–Trinajstić information content (AvgIpc) is 2.80. The number of rotatable bonds is 3. The van der Waals surface area contributed by atoms with E-state index in [9.17, 15) is 9.90 Å². The fourth-order valence-electron chi connectivity index (χ4n) is 3.86. The maximum Gasteiger partial charge on any atom is 0.246 e. The van der Waals surface area contributed by atoms with Crippen LogP contribution >= 0.6 is 23.8 Å². The second kappa shape index (κ2) is 8.72. The molecular formula is C23H20ClFN4O2S. The Kier molecular flexibility index (Phi) is 5.99. The van der Waals surface area contributed by atoms with Gasteiger partial charge in [-0.05, 0) is 29.8 Å². The Bertz CT molecular complexity index is 1260. The van der Waals surface area contributed by atoms with Crippen LogP contribution in [0.3, 0.4) is 0 Å². The molecule has 0 saturated carbocycles. The number of phenolic OH excluding ortho intramolecular Hbond substituents is 1. The number of carbonyl (C=O) groups is 1. The summed E-state index contributed by atoms with van der Waals surface area (Å²) in [5.41, 5.74) is 7.33. The van der Waals surface area contributed by atoms with Crippen LogP contribution in [0.4, 0.5) is 10.1 Å². The first-order valence-corrected chi connectivity index (χ1v) is 10.7. The molecule has 1 aliphatic rings. The second-order valence-corrected chi connectivity index (χ2v) is 8.19. The van der Waals surface area contributed by atoms with Crippen LogP contribution in [0.15, 0.2) is 49.2 Å². The summed E-state index contributed by atoms with van der Waals surface area (Å²) >= 11 is 12.1. The van der Waals surface area contributed by atoms with Crippen LogP contribution in [-0.2, 0) is 4.79 Å². The molecule has 0 atom stereocenters. The fourth-order valence-corrected chi connectivity index (χ4v) is 4.51. The molecule has 1 aliphatic heterocycles. The number of fused-ring (bicyclic) bond motifs is 1. The maximum atomic E-state index is 15.6. The number of phenols is 1. The lowest BCUT2D eigenvalue weighted by Gasteiger charge is -2.36. The van der Waals surface area contributed by atoms with Crippen LogP contribution in [0.2, 0.25) is 5.02 Å². The highest BCUT2D eigenvalue weighted by molar-refractivity contribution is 7.80. The first-order chi connectivity index (χ1) is 15.3. The monoisotopic (exact) mass is 470 g/mol. The number of nitrogens with zero attached hydrogens (tertiary/aromatic N) is 3. The first kappa shape index (κ1) is 22.0. The van der Waals surface area contributed by atoms with Crippen molar-refractivity contribution in [3.63, 3.8) is 0 Å². The van der Waals surface area contributed by atoms with Crippen molar-refractivity contribution in [1.29, 1.82) is 0 Å². The number of piperazine rings is 1. The molecule has 0 radical (unpaired) electrons. The summed E-state index contributed by atoms with van der Waals surface area (Å²) in [6.07, 6.45) is 2.86. The number of thiocarbonyl (C=S) groups is 1. The number of nitrogens with two attached hydrogens (primary N) is 1. The number of aromatic nitrogens is 1. The predicted octanol–water partition coefficient (Wildman–Crippen LogP) is 3.99. The van der Waals surface area contributed by atoms with Crippen LogP contribution in [-0.4, -0.2) is 57.0 Å². The van der Waals surface area contributed by atoms with Gasteiger partial charge < -0.3 is 20.6 Å². The van der Waals surface area contributed by atoms with Crippen molar-refractivity contribution in [3.05, 3.63) is 65.6 Å². The normalized spacial score (nSPS) is 13.9. The first-order valence-electron chi connectivity index (χ1n) is 9.88. The van der Waals surface area contributed by atoms with Gasteiger partial charge in [0.05, 0.1) is 16.2 Å². The molecule has 4 rings (SSSR count). The molecule has 3 N–H and O–H groups in total. The Hall–Kier alpha value is -3.23. The highest BCUT2D eigenvalue weighted by Crippen LogP contribution is 2.40. The largest absolute Gasteiger partial charge is 0.508 e. The van der Waals surface area contributed by atoms with Crippen LogP contribution in [0.25, 0.3) is 22.0 Å². The lowest BCUT2D eigenvalue weighted by atomic mass is 9.97. The summed E-state index contributed by atoms with van der Waals surface area (Å²) in [6.45, 7) is 5.43. The SMILES string of the molecule is C=CC(=O)N1CCN(C(=S)c2cc(Cl)c(-c3cc(O)cc4ncccc34)c(F)c2N)CC1. The molecule has 1 amide bonds. The van der Waals surface area contributed by atoms with Gasteiger partial charge in [0.25, 0.3) is 0 Å². The van der Waals surface area contributed by atoms with Crippen molar-refractivity contribution < 1.29 is 14.3 Å². The molecular weight excluding hydrogens is 451 g/mol. The quantitative estimate of drug-likeness (QED) is 0.342. The number of amides is 1. The van der Waals surface area contributed by atoms with E-state index in [1.807, 2.05) is 4.90 Å². The topological polar surface area (TPSA) is 82.7 Å². The lowest BCUT2D eigenvalue weighted by Crippen LogP contribution is -2.50. The maximum absolute atomic E-state index is 15.6. The zero-order chi connectivity index (χ0) is 23.0. The van der Waals surface area contributed by atoms with E-state index in [2.05, 4.69) is 11.6 Å². The number of pyridine rings is 1. The Balaban J connectivity index is 1.71. The molecule has 0 aliphatic carbocycles. The van der Waals surface area contributed by atoms with E-state index in [0.717, 1.165) is 0 Å². The molecule has 2 aromatic carbocycles. The molecule has 164 valence electrons. The molecule has 3 aromatic rings. The van der Waals surface area contributed by atoms with Gasteiger partial charge >= 0.3 is 0 Å². The lowest BCUT2D eigenvalue weighted by molar-refractivity contribution is -0.127. The minimum absolute atomic E-state index is 0.0632. The molecule has 2 heterocycles. The number of halogens is 2. The van der Waals surface area contributed by atoms with E-state index in [-0.39, 0.29) is 27.9 Å². The third kappa shape index (κ3) is 3.87. The van der Waals surface area contributed by atoms with Crippen LogP contribution in [0.5, 0.6) is 5.75 Å². The van der Waals surface area contributed by atoms with Gasteiger partial charge in [0.2, 0.25) is 5.91 Å². The fraction of sp³-hybridized carbons (Fsp3) is 0.174. The molecule has 6 nitrogen and oxygen atoms in total. The van der Waals surface area contributed by atoms with E-state index >= 15 is 4.39 Å². The molecule has 1 aromatic heterocycles. The Labute approximate surface area is 194 Å². The zero-order valence-corrected chi connectivity index (χ0v) is 18.6. The van der Waals surface area contributed by atoms with Crippen molar-refractivity contribution in [2.75, 3.05) is 31.9 Å². The number of hydrogen-bond acceptors (Lipinski definition) is 5. The van der Waals surface area contributed by atoms with Crippen LogP contribution in [0, 0.1) is 5.82 Å². The van der Waals surface area contributed by atoms with Gasteiger partial charge in [0.1, 0.15) is 10.7 Å². The van der Waals surface area contributed by atoms with E-state index in [4.69, 9.17) is 29.6 Å². The Morgan fingerprint density at radius 1 is 1.25 bits per heavy atom. The summed E-state index contributed by atoms with van der Waals surface area (Å²) in [6, 6.07) is 7.96. The number of hydrogen-bond donors (Lipinski definition) is 2. The van der Waals surface area contributed by atoms with Gasteiger partial charge in [-0.25, -0.2) is 4.39 Å². The van der Waals surface area contributed by atoms with Gasteiger partial charge in [-0.2, -0.15) is 0 Å². The molecule has 0 bridgehead atoms. The average molecular weight is 471 g/mol. The molecule has 0 unspecified atom stereocenters. The smallest absolute Gasteiger partial charge is 0.246 e. The molecule has 32 heavy (non-hydrogen) atoms. The Morgan fingerprint density at radius 3 is 2.62 bits per heavy atom. The number of nitrogen functional groups attached to an aromatic ring is 1. The van der Waals surface area contributed by atoms with Crippen molar-refractivity contribution in [2.45, 2.75) is 0 Å². The zero-order valence-electron chi connectivity index (χ0n) is 17.0. The predicted molar refractivity (Wildman–Crippen MR) is 128 cm³/mol. The van der Waals surface area contributed by atoms with E-state index in [0.29, 0.717) is 53.2 Å². The molecule has 1 saturated heterocycles. The molecule has 9 heteroatoms. The minimum Gasteiger partial charge on any atom is -0.508 e. The van der Waals surface area contributed by atoms with Gasteiger partial charge in [0, 0.05) is 55.0 Å². The highest BCUT2D eigenvalue weighted by Gasteiger charge is 2.26. The number of carbonyl (C=O) groups excluding carboxylic acids is 1. The highest BCUT2D eigenvalue weighted by atomic mass is 35.5. The van der Waals surface area contributed by atoms with Crippen LogP contribution < -0.4 is 5.73 Å². The van der Waals surface area contributed by atoms with E-state index in [1.165, 1.54) is 18.2 Å². The van der Waals surface area contributed by atoms with Crippen molar-refractivity contribution in [2.24, 2.45) is 0 Å². The summed E-state index contributed by atoms with van der Waals surface area (Å²) in [7, 11) is 0. The van der Waals surface area contributed by atoms with Crippen molar-refractivity contribution in [3.8, 4) is 16.9 Å². The summed E-state index contributed by atoms with van der Waals surface area (Å²) < 4.78 is 15.6. The number of benzene rings is 2. The third-order valence-corrected chi connectivity index (χ3v) is 6.29. The summed E-state index contributed by atoms with van der Waals surface area (Å²) in [4.78, 5) is 19.9. The summed E-state index contributed by atoms with van der Waals surface area (Å²) in [5, 5.41) is 10.9. The summed E-state index contributed by atoms with van der Waals surface area (Å²) in [5.74, 6) is -0.917. The molecule has 0 spiro atoms. The van der Waals surface area contributed by atoms with E-state index < -0.39 is 5.82 Å². The standard InChI is InChI=1S/C23H20ClFN4O2S/c1-2-19(31)28-6-8-29(9-7-28)23(32)16-12-17(24)20(21(25)22(16)26)15-10-13(30)11-18-14(15)4-3-5-27-18/h2-5,10-12,30H,1,6-9,26H2. The third-order valence-electron chi connectivity index (χ3n) is 5.51. The van der Waals surface area contributed by atoms with Gasteiger partial charge in [0.15, 0.2) is 5.82 Å². The van der Waals surface area contributed by atoms with Crippen molar-refractivity contribution in [1.82, 2.24) is 14.8 Å². The van der Waals surface area contributed by atoms with Gasteiger partial charge in [-0.3, -0.25) is 9.78 Å². The van der Waals surface area contributed by atoms with Gasteiger partial charge in [-0.1, -0.05) is 36.5 Å².